The number of nitrogens with one attached hydrogen (secondary N) is 2. The Bertz CT molecular complexity index is 568. The van der Waals surface area contributed by atoms with Crippen LogP contribution in [0.4, 0.5) is 5.69 Å². The molecule has 1 aliphatic heterocycles. The van der Waals surface area contributed by atoms with E-state index in [4.69, 9.17) is 0 Å². The zero-order chi connectivity index (χ0) is 14.8. The lowest BCUT2D eigenvalue weighted by Crippen LogP contribution is -2.20. The number of rotatable bonds is 3. The van der Waals surface area contributed by atoms with Crippen molar-refractivity contribution in [3.63, 3.8) is 0 Å². The number of imide groups is 1. The average molecular weight is 286 g/mol. The van der Waals surface area contributed by atoms with Crippen molar-refractivity contribution in [1.29, 1.82) is 0 Å². The molecule has 0 aromatic heterocycles. The van der Waals surface area contributed by atoms with Crippen LogP contribution in [0, 0.1) is 5.92 Å². The number of fused-ring (bicyclic) bond motifs is 1. The minimum Gasteiger partial charge on any atom is -0.382 e. The molecule has 0 bridgehead atoms. The Morgan fingerprint density at radius 1 is 1.10 bits per heavy atom. The molecule has 112 valence electrons. The molecule has 4 heteroatoms. The van der Waals surface area contributed by atoms with Gasteiger partial charge in [-0.05, 0) is 43.4 Å². The van der Waals surface area contributed by atoms with Crippen LogP contribution in [0.2, 0.25) is 0 Å². The van der Waals surface area contributed by atoms with Gasteiger partial charge in [0.1, 0.15) is 0 Å². The largest absolute Gasteiger partial charge is 0.382 e. The summed E-state index contributed by atoms with van der Waals surface area (Å²) in [5.74, 6) is 0.285. The Morgan fingerprint density at radius 3 is 2.71 bits per heavy atom. The van der Waals surface area contributed by atoms with Crippen LogP contribution < -0.4 is 10.6 Å². The first-order valence-corrected chi connectivity index (χ1v) is 7.93. The van der Waals surface area contributed by atoms with Crippen LogP contribution in [0.25, 0.3) is 0 Å². The number of benzene rings is 1. The highest BCUT2D eigenvalue weighted by molar-refractivity contribution is 6.21. The summed E-state index contributed by atoms with van der Waals surface area (Å²) in [6.45, 7) is 2.27. The number of carbonyl (C=O) groups is 2. The van der Waals surface area contributed by atoms with E-state index < -0.39 is 0 Å². The highest BCUT2D eigenvalue weighted by atomic mass is 16.2. The van der Waals surface area contributed by atoms with Crippen LogP contribution in [-0.4, -0.2) is 17.9 Å². The molecule has 3 rings (SSSR count). The second-order valence-corrected chi connectivity index (χ2v) is 6.17. The van der Waals surface area contributed by atoms with E-state index in [9.17, 15) is 9.59 Å². The molecule has 2 aliphatic rings. The first kappa shape index (κ1) is 14.1. The molecule has 1 fully saturated rings. The maximum absolute atomic E-state index is 11.7. The van der Waals surface area contributed by atoms with Crippen LogP contribution in [0.5, 0.6) is 0 Å². The van der Waals surface area contributed by atoms with Gasteiger partial charge in [-0.1, -0.05) is 26.2 Å². The van der Waals surface area contributed by atoms with E-state index in [-0.39, 0.29) is 11.8 Å². The smallest absolute Gasteiger partial charge is 0.259 e. The van der Waals surface area contributed by atoms with Crippen molar-refractivity contribution in [3.8, 4) is 0 Å². The lowest BCUT2D eigenvalue weighted by atomic mass is 9.98. The standard InChI is InChI=1S/C17H22N2O2/c1-2-11-4-3-5-12(7-6-11)18-13-8-9-14-15(10-13)17(21)19-16(14)20/h8-12,18H,2-7H2,1H3,(H,19,20,21). The van der Waals surface area contributed by atoms with Crippen molar-refractivity contribution >= 4 is 17.5 Å². The third-order valence-electron chi connectivity index (χ3n) is 4.77. The van der Waals surface area contributed by atoms with Gasteiger partial charge >= 0.3 is 0 Å². The average Bonchev–Trinajstić information content (AvgIpc) is 2.66. The zero-order valence-electron chi connectivity index (χ0n) is 12.4. The van der Waals surface area contributed by atoms with Crippen molar-refractivity contribution in [3.05, 3.63) is 29.3 Å². The molecule has 0 spiro atoms. The van der Waals surface area contributed by atoms with Crippen LogP contribution in [0.3, 0.4) is 0 Å². The number of anilines is 1. The van der Waals surface area contributed by atoms with E-state index in [0.29, 0.717) is 17.2 Å². The highest BCUT2D eigenvalue weighted by Crippen LogP contribution is 2.28. The van der Waals surface area contributed by atoms with E-state index >= 15 is 0 Å². The Balaban J connectivity index is 1.70. The number of amides is 2. The molecule has 0 saturated heterocycles. The molecule has 2 atom stereocenters. The predicted molar refractivity (Wildman–Crippen MR) is 82.5 cm³/mol. The molecule has 0 radical (unpaired) electrons. The van der Waals surface area contributed by atoms with Crippen LogP contribution >= 0.6 is 0 Å². The fraction of sp³-hybridized carbons (Fsp3) is 0.529. The Kier molecular flexibility index (Phi) is 3.95. The van der Waals surface area contributed by atoms with Gasteiger partial charge in [0.25, 0.3) is 11.8 Å². The summed E-state index contributed by atoms with van der Waals surface area (Å²) in [6, 6.07) is 5.92. The summed E-state index contributed by atoms with van der Waals surface area (Å²) < 4.78 is 0. The van der Waals surface area contributed by atoms with Gasteiger partial charge in [-0.3, -0.25) is 14.9 Å². The molecule has 1 heterocycles. The third kappa shape index (κ3) is 2.94. The lowest BCUT2D eigenvalue weighted by Gasteiger charge is -2.18. The van der Waals surface area contributed by atoms with Crippen molar-refractivity contribution < 1.29 is 9.59 Å². The zero-order valence-corrected chi connectivity index (χ0v) is 12.4. The molecule has 1 aromatic rings. The quantitative estimate of drug-likeness (QED) is 0.662. The maximum atomic E-state index is 11.7. The van der Waals surface area contributed by atoms with Gasteiger partial charge in [0.2, 0.25) is 0 Å². The summed E-state index contributed by atoms with van der Waals surface area (Å²) in [5, 5.41) is 5.87. The van der Waals surface area contributed by atoms with E-state index in [2.05, 4.69) is 17.6 Å². The second-order valence-electron chi connectivity index (χ2n) is 6.17. The maximum Gasteiger partial charge on any atom is 0.259 e. The molecular weight excluding hydrogens is 264 g/mol. The monoisotopic (exact) mass is 286 g/mol. The normalized spacial score (nSPS) is 25.2. The lowest BCUT2D eigenvalue weighted by molar-refractivity contribution is 0.0879. The van der Waals surface area contributed by atoms with Gasteiger partial charge in [-0.15, -0.1) is 0 Å². The van der Waals surface area contributed by atoms with Crippen molar-refractivity contribution in [2.75, 3.05) is 5.32 Å². The molecule has 1 aromatic carbocycles. The van der Waals surface area contributed by atoms with Gasteiger partial charge in [-0.2, -0.15) is 0 Å². The molecule has 1 aliphatic carbocycles. The van der Waals surface area contributed by atoms with Crippen LogP contribution in [-0.2, 0) is 0 Å². The van der Waals surface area contributed by atoms with E-state index in [0.717, 1.165) is 11.6 Å². The minimum atomic E-state index is -0.290. The third-order valence-corrected chi connectivity index (χ3v) is 4.77. The van der Waals surface area contributed by atoms with E-state index in [1.54, 1.807) is 12.1 Å². The summed E-state index contributed by atoms with van der Waals surface area (Å²) in [5.41, 5.74) is 1.92. The molecule has 21 heavy (non-hydrogen) atoms. The van der Waals surface area contributed by atoms with Gasteiger partial charge in [0, 0.05) is 11.7 Å². The molecule has 2 N–H and O–H groups in total. The fourth-order valence-corrected chi connectivity index (χ4v) is 3.42. The highest BCUT2D eigenvalue weighted by Gasteiger charge is 2.27. The number of hydrogen-bond donors (Lipinski definition) is 2. The van der Waals surface area contributed by atoms with Crippen molar-refractivity contribution in [2.45, 2.75) is 51.5 Å². The number of hydrogen-bond acceptors (Lipinski definition) is 3. The number of carbonyl (C=O) groups excluding carboxylic acids is 2. The van der Waals surface area contributed by atoms with E-state index in [1.807, 2.05) is 6.07 Å². The van der Waals surface area contributed by atoms with Gasteiger partial charge in [-0.25, -0.2) is 0 Å². The minimum absolute atomic E-state index is 0.287. The SMILES string of the molecule is CCC1CCCC(Nc2ccc3c(c2)C(=O)NC3=O)CC1. The summed E-state index contributed by atoms with van der Waals surface area (Å²) >= 11 is 0. The molecular formula is C17H22N2O2. The molecule has 1 saturated carbocycles. The fourth-order valence-electron chi connectivity index (χ4n) is 3.42. The Hall–Kier alpha value is -1.84. The van der Waals surface area contributed by atoms with Crippen molar-refractivity contribution in [1.82, 2.24) is 5.32 Å². The molecule has 4 nitrogen and oxygen atoms in total. The molecule has 2 unspecified atom stereocenters. The van der Waals surface area contributed by atoms with Crippen molar-refractivity contribution in [2.24, 2.45) is 5.92 Å². The topological polar surface area (TPSA) is 58.2 Å². The van der Waals surface area contributed by atoms with E-state index in [1.165, 1.54) is 38.5 Å². The first-order chi connectivity index (χ1) is 10.2. The van der Waals surface area contributed by atoms with Gasteiger partial charge in [0.15, 0.2) is 0 Å². The first-order valence-electron chi connectivity index (χ1n) is 7.93. The predicted octanol–water partition coefficient (Wildman–Crippen LogP) is 3.34. The second kappa shape index (κ2) is 5.88. The molecule has 2 amide bonds. The van der Waals surface area contributed by atoms with Gasteiger partial charge < -0.3 is 5.32 Å². The van der Waals surface area contributed by atoms with Gasteiger partial charge in [0.05, 0.1) is 11.1 Å². The van der Waals surface area contributed by atoms with Crippen LogP contribution in [0.15, 0.2) is 18.2 Å². The Labute approximate surface area is 125 Å². The van der Waals surface area contributed by atoms with Crippen LogP contribution in [0.1, 0.15) is 66.2 Å². The Morgan fingerprint density at radius 2 is 1.90 bits per heavy atom. The summed E-state index contributed by atoms with van der Waals surface area (Å²) in [7, 11) is 0. The summed E-state index contributed by atoms with van der Waals surface area (Å²) in [4.78, 5) is 23.2. The summed E-state index contributed by atoms with van der Waals surface area (Å²) in [6.07, 6.45) is 7.50.